The molecule has 3 N–H and O–H groups in total. The Bertz CT molecular complexity index is 1060. The van der Waals surface area contributed by atoms with Gasteiger partial charge in [0, 0.05) is 23.8 Å². The van der Waals surface area contributed by atoms with Gasteiger partial charge in [0.1, 0.15) is 0 Å². The van der Waals surface area contributed by atoms with Gasteiger partial charge < -0.3 is 0 Å². The number of rotatable bonds is 2. The number of nitrogens with one attached hydrogen (secondary N) is 1. The zero-order valence-electron chi connectivity index (χ0n) is 10.5. The van der Waals surface area contributed by atoms with Crippen LogP contribution in [0.15, 0.2) is 36.9 Å². The highest BCUT2D eigenvalue weighted by Crippen LogP contribution is 2.26. The maximum atomic E-state index is 11.7. The molecule has 0 radical (unpaired) electrons. The van der Waals surface area contributed by atoms with E-state index in [9.17, 15) is 8.42 Å². The summed E-state index contributed by atoms with van der Waals surface area (Å²) in [6.45, 7) is 0. The van der Waals surface area contributed by atoms with Crippen LogP contribution in [0.1, 0.15) is 0 Å². The second-order valence-corrected chi connectivity index (χ2v) is 5.88. The molecular formula is C11H9N7O2S. The maximum Gasteiger partial charge on any atom is 0.302 e. The average molecular weight is 303 g/mol. The Morgan fingerprint density at radius 2 is 2.10 bits per heavy atom. The summed E-state index contributed by atoms with van der Waals surface area (Å²) in [6.07, 6.45) is 6.12. The molecule has 4 heterocycles. The first kappa shape index (κ1) is 12.1. The Kier molecular flexibility index (Phi) is 2.24. The molecule has 4 rings (SSSR count). The highest BCUT2D eigenvalue weighted by Gasteiger charge is 2.17. The van der Waals surface area contributed by atoms with E-state index in [-0.39, 0.29) is 0 Å². The molecule has 106 valence electrons. The predicted molar refractivity (Wildman–Crippen MR) is 75.0 cm³/mol. The van der Waals surface area contributed by atoms with Gasteiger partial charge in [0.15, 0.2) is 11.5 Å². The second kappa shape index (κ2) is 3.90. The lowest BCUT2D eigenvalue weighted by molar-refractivity contribution is 0.591. The van der Waals surface area contributed by atoms with Gasteiger partial charge in [-0.15, -0.1) is 0 Å². The maximum absolute atomic E-state index is 11.7. The van der Waals surface area contributed by atoms with Gasteiger partial charge in [-0.3, -0.25) is 5.10 Å². The highest BCUT2D eigenvalue weighted by atomic mass is 32.2. The molecule has 0 aliphatic rings. The van der Waals surface area contributed by atoms with Crippen molar-refractivity contribution in [3.8, 4) is 5.82 Å². The molecule has 0 spiro atoms. The highest BCUT2D eigenvalue weighted by molar-refractivity contribution is 7.87. The third-order valence-corrected chi connectivity index (χ3v) is 4.05. The summed E-state index contributed by atoms with van der Waals surface area (Å²) in [5, 5.41) is 17.3. The third kappa shape index (κ3) is 1.66. The number of hydrogen-bond donors (Lipinski definition) is 2. The lowest BCUT2D eigenvalue weighted by atomic mass is 10.2. The van der Waals surface area contributed by atoms with Gasteiger partial charge in [0.2, 0.25) is 0 Å². The Hall–Kier alpha value is -2.72. The van der Waals surface area contributed by atoms with E-state index in [1.807, 2.05) is 0 Å². The number of nitrogens with two attached hydrogens (primary N) is 1. The lowest BCUT2D eigenvalue weighted by Crippen LogP contribution is -2.20. The van der Waals surface area contributed by atoms with Gasteiger partial charge in [0.05, 0.1) is 23.3 Å². The van der Waals surface area contributed by atoms with Gasteiger partial charge in [-0.25, -0.2) is 14.1 Å². The average Bonchev–Trinajstić information content (AvgIpc) is 3.15. The van der Waals surface area contributed by atoms with Gasteiger partial charge in [-0.2, -0.15) is 23.3 Å². The smallest absolute Gasteiger partial charge is 0.261 e. The molecule has 0 saturated heterocycles. The Morgan fingerprint density at radius 1 is 1.24 bits per heavy atom. The summed E-state index contributed by atoms with van der Waals surface area (Å²) in [5.41, 5.74) is 0.962. The van der Waals surface area contributed by atoms with E-state index in [1.165, 1.54) is 6.20 Å². The summed E-state index contributed by atoms with van der Waals surface area (Å²) in [5.74, 6) is 0.630. The van der Waals surface area contributed by atoms with E-state index in [1.54, 1.807) is 35.4 Å². The van der Waals surface area contributed by atoms with E-state index in [0.717, 1.165) is 3.97 Å². The predicted octanol–water partition coefficient (Wildman–Crippen LogP) is 0.150. The molecule has 10 heteroatoms. The monoisotopic (exact) mass is 303 g/mol. The zero-order chi connectivity index (χ0) is 14.6. The summed E-state index contributed by atoms with van der Waals surface area (Å²) in [4.78, 5) is 4.32. The molecule has 0 aliphatic heterocycles. The van der Waals surface area contributed by atoms with E-state index in [2.05, 4.69) is 20.3 Å². The first-order chi connectivity index (χ1) is 10.1. The van der Waals surface area contributed by atoms with Crippen LogP contribution in [0.25, 0.3) is 27.8 Å². The Morgan fingerprint density at radius 3 is 2.81 bits per heavy atom. The first-order valence-corrected chi connectivity index (χ1v) is 7.43. The number of pyridine rings is 1. The fourth-order valence-electron chi connectivity index (χ4n) is 2.33. The summed E-state index contributed by atoms with van der Waals surface area (Å²) in [7, 11) is -3.89. The van der Waals surface area contributed by atoms with Crippen molar-refractivity contribution in [1.82, 2.24) is 28.9 Å². The summed E-state index contributed by atoms with van der Waals surface area (Å²) >= 11 is 0. The largest absolute Gasteiger partial charge is 0.302 e. The molecular weight excluding hydrogens is 294 g/mol. The molecule has 0 bridgehead atoms. The van der Waals surface area contributed by atoms with Gasteiger partial charge >= 0.3 is 10.2 Å². The van der Waals surface area contributed by atoms with Gasteiger partial charge in [-0.1, -0.05) is 0 Å². The molecule has 4 aromatic rings. The minimum Gasteiger partial charge on any atom is -0.261 e. The first-order valence-electron chi connectivity index (χ1n) is 5.92. The summed E-state index contributed by atoms with van der Waals surface area (Å²) in [6, 6.07) is 3.37. The quantitative estimate of drug-likeness (QED) is 0.545. The Balaban J connectivity index is 2.14. The topological polar surface area (TPSA) is 124 Å². The van der Waals surface area contributed by atoms with E-state index >= 15 is 0 Å². The van der Waals surface area contributed by atoms with Crippen molar-refractivity contribution < 1.29 is 8.42 Å². The minimum atomic E-state index is -3.89. The van der Waals surface area contributed by atoms with E-state index < -0.39 is 10.2 Å². The zero-order valence-corrected chi connectivity index (χ0v) is 11.3. The van der Waals surface area contributed by atoms with Crippen molar-refractivity contribution in [3.05, 3.63) is 36.9 Å². The standard InChI is InChI=1S/C11H9N7O2S/c12-21(19,20)17-4-2-7-5-13-11-8(10(7)17)6-15-18(11)9-1-3-14-16-9/h1-6H,(H,14,16)(H2,12,19,20). The molecule has 0 aromatic carbocycles. The molecule has 21 heavy (non-hydrogen) atoms. The van der Waals surface area contributed by atoms with Crippen LogP contribution in [-0.2, 0) is 10.2 Å². The number of aromatic nitrogens is 6. The molecule has 0 atom stereocenters. The second-order valence-electron chi connectivity index (χ2n) is 4.45. The number of nitrogens with zero attached hydrogens (tertiary/aromatic N) is 5. The van der Waals surface area contributed by atoms with Gasteiger partial charge in [0.25, 0.3) is 0 Å². The van der Waals surface area contributed by atoms with Gasteiger partial charge in [-0.05, 0) is 6.07 Å². The fraction of sp³-hybridized carbons (Fsp3) is 0. The molecule has 0 aliphatic carbocycles. The van der Waals surface area contributed by atoms with Crippen molar-refractivity contribution >= 4 is 32.1 Å². The number of fused-ring (bicyclic) bond motifs is 3. The molecule has 0 saturated carbocycles. The van der Waals surface area contributed by atoms with Crippen LogP contribution in [0.4, 0.5) is 0 Å². The number of hydrogen-bond acceptors (Lipinski definition) is 5. The molecule has 9 nitrogen and oxygen atoms in total. The van der Waals surface area contributed by atoms with Crippen LogP contribution < -0.4 is 5.14 Å². The SMILES string of the molecule is NS(=O)(=O)n1ccc2cnc3c(cnn3-c3ccn[nH]3)c21. The Labute approximate surface area is 118 Å². The minimum absolute atomic E-state index is 0.452. The van der Waals surface area contributed by atoms with Crippen LogP contribution in [0.5, 0.6) is 0 Å². The lowest BCUT2D eigenvalue weighted by Gasteiger charge is -2.03. The molecule has 4 aromatic heterocycles. The van der Waals surface area contributed by atoms with Crippen molar-refractivity contribution in [3.63, 3.8) is 0 Å². The normalized spacial score (nSPS) is 12.4. The van der Waals surface area contributed by atoms with Crippen molar-refractivity contribution in [1.29, 1.82) is 0 Å². The fourth-order valence-corrected chi connectivity index (χ4v) is 3.01. The molecule has 0 fully saturated rings. The third-order valence-electron chi connectivity index (χ3n) is 3.20. The number of H-pyrrole nitrogens is 1. The molecule has 0 amide bonds. The summed E-state index contributed by atoms with van der Waals surface area (Å²) < 4.78 is 25.9. The van der Waals surface area contributed by atoms with Crippen LogP contribution in [-0.4, -0.2) is 37.4 Å². The van der Waals surface area contributed by atoms with Crippen molar-refractivity contribution in [2.24, 2.45) is 5.14 Å². The number of aromatic amines is 1. The van der Waals surface area contributed by atoms with Crippen LogP contribution in [0.2, 0.25) is 0 Å². The van der Waals surface area contributed by atoms with Crippen molar-refractivity contribution in [2.45, 2.75) is 0 Å². The van der Waals surface area contributed by atoms with E-state index in [4.69, 9.17) is 5.14 Å². The van der Waals surface area contributed by atoms with E-state index in [0.29, 0.717) is 27.8 Å². The van der Waals surface area contributed by atoms with Crippen molar-refractivity contribution in [2.75, 3.05) is 0 Å². The molecule has 0 unspecified atom stereocenters. The van der Waals surface area contributed by atoms with Crippen LogP contribution >= 0.6 is 0 Å². The van der Waals surface area contributed by atoms with Crippen LogP contribution in [0, 0.1) is 0 Å². The van der Waals surface area contributed by atoms with Crippen LogP contribution in [0.3, 0.4) is 0 Å².